The van der Waals surface area contributed by atoms with Crippen LogP contribution in [0.4, 0.5) is 0 Å². The maximum absolute atomic E-state index is 12.1. The van der Waals surface area contributed by atoms with Gasteiger partial charge in [0.25, 0.3) is 0 Å². The minimum Gasteiger partial charge on any atom is -0.376 e. The SMILES string of the molecule is CC(CNC(=O)[C@@H](N)Cc1ccccc1)COCc1ccccc1.Cl. The zero-order valence-corrected chi connectivity index (χ0v) is 15.4. The molecule has 0 spiro atoms. The monoisotopic (exact) mass is 362 g/mol. The third-order valence-corrected chi connectivity index (χ3v) is 3.77. The fraction of sp³-hybridized carbons (Fsp3) is 0.350. The first kappa shape index (κ1) is 21.2. The van der Waals surface area contributed by atoms with Gasteiger partial charge in [0.1, 0.15) is 0 Å². The summed E-state index contributed by atoms with van der Waals surface area (Å²) >= 11 is 0. The minimum atomic E-state index is -0.523. The first-order chi connectivity index (χ1) is 11.6. The van der Waals surface area contributed by atoms with Gasteiger partial charge >= 0.3 is 0 Å². The first-order valence-corrected chi connectivity index (χ1v) is 8.34. The molecule has 136 valence electrons. The van der Waals surface area contributed by atoms with E-state index in [0.29, 0.717) is 26.2 Å². The van der Waals surface area contributed by atoms with Gasteiger partial charge in [0.15, 0.2) is 0 Å². The summed E-state index contributed by atoms with van der Waals surface area (Å²) in [4.78, 5) is 12.1. The van der Waals surface area contributed by atoms with E-state index in [1.54, 1.807) is 0 Å². The van der Waals surface area contributed by atoms with Gasteiger partial charge < -0.3 is 15.8 Å². The van der Waals surface area contributed by atoms with Gasteiger partial charge in [-0.2, -0.15) is 0 Å². The van der Waals surface area contributed by atoms with Crippen molar-refractivity contribution in [2.24, 2.45) is 11.7 Å². The quantitative estimate of drug-likeness (QED) is 0.720. The van der Waals surface area contributed by atoms with Gasteiger partial charge in [0, 0.05) is 6.54 Å². The number of carbonyl (C=O) groups excluding carboxylic acids is 1. The number of nitrogens with one attached hydrogen (secondary N) is 1. The number of hydrogen-bond acceptors (Lipinski definition) is 3. The van der Waals surface area contributed by atoms with Crippen LogP contribution in [-0.2, 0) is 22.6 Å². The van der Waals surface area contributed by atoms with E-state index in [4.69, 9.17) is 10.5 Å². The van der Waals surface area contributed by atoms with Crippen molar-refractivity contribution in [3.8, 4) is 0 Å². The van der Waals surface area contributed by atoms with Crippen LogP contribution in [0.3, 0.4) is 0 Å². The van der Waals surface area contributed by atoms with Crippen LogP contribution in [-0.4, -0.2) is 25.1 Å². The van der Waals surface area contributed by atoms with Crippen LogP contribution in [0.15, 0.2) is 60.7 Å². The summed E-state index contributed by atoms with van der Waals surface area (Å²) < 4.78 is 5.69. The molecular weight excluding hydrogens is 336 g/mol. The van der Waals surface area contributed by atoms with E-state index in [9.17, 15) is 4.79 Å². The summed E-state index contributed by atoms with van der Waals surface area (Å²) in [6.07, 6.45) is 0.547. The van der Waals surface area contributed by atoms with Crippen molar-refractivity contribution in [3.05, 3.63) is 71.8 Å². The Morgan fingerprint density at radius 3 is 2.20 bits per heavy atom. The second-order valence-electron chi connectivity index (χ2n) is 6.15. The molecular formula is C20H27ClN2O2. The average molecular weight is 363 g/mol. The Hall–Kier alpha value is -1.88. The summed E-state index contributed by atoms with van der Waals surface area (Å²) in [6.45, 7) is 3.81. The lowest BCUT2D eigenvalue weighted by atomic mass is 10.1. The van der Waals surface area contributed by atoms with Crippen LogP contribution in [0, 0.1) is 5.92 Å². The van der Waals surface area contributed by atoms with E-state index in [2.05, 4.69) is 5.32 Å². The van der Waals surface area contributed by atoms with Gasteiger partial charge in [-0.1, -0.05) is 67.6 Å². The number of carbonyl (C=O) groups is 1. The third-order valence-electron chi connectivity index (χ3n) is 3.77. The highest BCUT2D eigenvalue weighted by Crippen LogP contribution is 2.04. The first-order valence-electron chi connectivity index (χ1n) is 8.34. The molecule has 2 atom stereocenters. The molecule has 0 aliphatic rings. The number of benzene rings is 2. The number of rotatable bonds is 9. The molecule has 2 aromatic rings. The van der Waals surface area contributed by atoms with Gasteiger partial charge in [0.05, 0.1) is 19.3 Å². The van der Waals surface area contributed by atoms with Crippen LogP contribution in [0.1, 0.15) is 18.1 Å². The maximum Gasteiger partial charge on any atom is 0.237 e. The average Bonchev–Trinajstić information content (AvgIpc) is 2.61. The zero-order chi connectivity index (χ0) is 17.2. The van der Waals surface area contributed by atoms with Gasteiger partial charge in [0.2, 0.25) is 5.91 Å². The molecule has 3 N–H and O–H groups in total. The molecule has 0 fully saturated rings. The summed E-state index contributed by atoms with van der Waals surface area (Å²) in [6, 6.07) is 19.3. The van der Waals surface area contributed by atoms with Gasteiger partial charge in [-0.05, 0) is 23.5 Å². The summed E-state index contributed by atoms with van der Waals surface area (Å²) in [5.74, 6) is 0.121. The Balaban J connectivity index is 0.00000312. The van der Waals surface area contributed by atoms with Crippen LogP contribution in [0.25, 0.3) is 0 Å². The molecule has 25 heavy (non-hydrogen) atoms. The fourth-order valence-electron chi connectivity index (χ4n) is 2.38. The molecule has 0 aliphatic heterocycles. The highest BCUT2D eigenvalue weighted by atomic mass is 35.5. The van der Waals surface area contributed by atoms with Crippen LogP contribution >= 0.6 is 12.4 Å². The molecule has 1 amide bonds. The fourth-order valence-corrected chi connectivity index (χ4v) is 2.38. The predicted octanol–water partition coefficient (Wildman–Crippen LogP) is 2.95. The molecule has 2 aromatic carbocycles. The molecule has 0 aliphatic carbocycles. The number of nitrogens with two attached hydrogens (primary N) is 1. The number of halogens is 1. The number of amides is 1. The molecule has 0 heterocycles. The lowest BCUT2D eigenvalue weighted by Crippen LogP contribution is -2.43. The van der Waals surface area contributed by atoms with E-state index in [0.717, 1.165) is 11.1 Å². The molecule has 0 saturated heterocycles. The zero-order valence-electron chi connectivity index (χ0n) is 14.6. The molecule has 4 nitrogen and oxygen atoms in total. The second-order valence-corrected chi connectivity index (χ2v) is 6.15. The summed E-state index contributed by atoms with van der Waals surface area (Å²) in [5, 5.41) is 2.91. The molecule has 0 bridgehead atoms. The molecule has 1 unspecified atom stereocenters. The molecule has 0 aromatic heterocycles. The molecule has 0 saturated carbocycles. The Morgan fingerprint density at radius 2 is 1.60 bits per heavy atom. The molecule has 5 heteroatoms. The largest absolute Gasteiger partial charge is 0.376 e. The number of hydrogen-bond donors (Lipinski definition) is 2. The molecule has 0 radical (unpaired) electrons. The van der Waals surface area contributed by atoms with Gasteiger partial charge in [-0.15, -0.1) is 12.4 Å². The highest BCUT2D eigenvalue weighted by molar-refractivity contribution is 5.85. The number of ether oxygens (including phenoxy) is 1. The predicted molar refractivity (Wildman–Crippen MR) is 104 cm³/mol. The van der Waals surface area contributed by atoms with E-state index >= 15 is 0 Å². The Morgan fingerprint density at radius 1 is 1.04 bits per heavy atom. The van der Waals surface area contributed by atoms with Crippen LogP contribution in [0.2, 0.25) is 0 Å². The Labute approximate surface area is 156 Å². The van der Waals surface area contributed by atoms with E-state index in [1.807, 2.05) is 67.6 Å². The normalized spacial score (nSPS) is 12.7. The van der Waals surface area contributed by atoms with Gasteiger partial charge in [-0.25, -0.2) is 0 Å². The maximum atomic E-state index is 12.1. The van der Waals surface area contributed by atoms with E-state index in [1.165, 1.54) is 0 Å². The van der Waals surface area contributed by atoms with Crippen molar-refractivity contribution < 1.29 is 9.53 Å². The van der Waals surface area contributed by atoms with Crippen molar-refractivity contribution in [1.82, 2.24) is 5.32 Å². The minimum absolute atomic E-state index is 0. The Bertz CT molecular complexity index is 608. The smallest absolute Gasteiger partial charge is 0.237 e. The van der Waals surface area contributed by atoms with Gasteiger partial charge in [-0.3, -0.25) is 4.79 Å². The standard InChI is InChI=1S/C20H26N2O2.ClH/c1-16(14-24-15-18-10-6-3-7-11-18)13-22-20(23)19(21)12-17-8-4-2-5-9-17;/h2-11,16,19H,12-15,21H2,1H3,(H,22,23);1H/t16?,19-;/m0./s1. The summed E-state index contributed by atoms with van der Waals surface area (Å²) in [5.41, 5.74) is 8.19. The lowest BCUT2D eigenvalue weighted by molar-refractivity contribution is -0.122. The Kier molecular flexibility index (Phi) is 9.85. The van der Waals surface area contributed by atoms with E-state index in [-0.39, 0.29) is 24.2 Å². The highest BCUT2D eigenvalue weighted by Gasteiger charge is 2.14. The van der Waals surface area contributed by atoms with Crippen molar-refractivity contribution in [2.45, 2.75) is 26.0 Å². The topological polar surface area (TPSA) is 64.4 Å². The van der Waals surface area contributed by atoms with Crippen LogP contribution in [0.5, 0.6) is 0 Å². The third kappa shape index (κ3) is 8.16. The van der Waals surface area contributed by atoms with Crippen molar-refractivity contribution in [3.63, 3.8) is 0 Å². The second kappa shape index (κ2) is 11.6. The lowest BCUT2D eigenvalue weighted by Gasteiger charge is -2.16. The van der Waals surface area contributed by atoms with E-state index < -0.39 is 6.04 Å². The van der Waals surface area contributed by atoms with Crippen molar-refractivity contribution >= 4 is 18.3 Å². The molecule has 2 rings (SSSR count). The van der Waals surface area contributed by atoms with Crippen molar-refractivity contribution in [1.29, 1.82) is 0 Å². The van der Waals surface area contributed by atoms with Crippen molar-refractivity contribution in [2.75, 3.05) is 13.2 Å². The van der Waals surface area contributed by atoms with Crippen LogP contribution < -0.4 is 11.1 Å². The summed E-state index contributed by atoms with van der Waals surface area (Å²) in [7, 11) is 0.